The van der Waals surface area contributed by atoms with Crippen LogP contribution in [0.4, 0.5) is 0 Å². The van der Waals surface area contributed by atoms with Gasteiger partial charge in [0.05, 0.1) is 6.54 Å². The summed E-state index contributed by atoms with van der Waals surface area (Å²) in [6.45, 7) is 2.43. The summed E-state index contributed by atoms with van der Waals surface area (Å²) in [7, 11) is 0. The lowest BCUT2D eigenvalue weighted by Crippen LogP contribution is -2.49. The Labute approximate surface area is 130 Å². The molecule has 1 saturated heterocycles. The van der Waals surface area contributed by atoms with E-state index in [9.17, 15) is 9.59 Å². The van der Waals surface area contributed by atoms with Gasteiger partial charge in [0.2, 0.25) is 5.91 Å². The van der Waals surface area contributed by atoms with Crippen molar-refractivity contribution < 1.29 is 14.3 Å². The van der Waals surface area contributed by atoms with Crippen molar-refractivity contribution in [2.45, 2.75) is 0 Å². The Hall–Kier alpha value is -1.79. The molecule has 21 heavy (non-hydrogen) atoms. The first-order valence-corrected chi connectivity index (χ1v) is 6.66. The molecule has 0 unspecified atom stereocenters. The molecule has 0 atom stereocenters. The highest BCUT2D eigenvalue weighted by Crippen LogP contribution is 2.07. The lowest BCUT2D eigenvalue weighted by molar-refractivity contribution is -0.127. The summed E-state index contributed by atoms with van der Waals surface area (Å²) >= 11 is 0. The maximum Gasteiger partial charge on any atom is 0.258 e. The summed E-state index contributed by atoms with van der Waals surface area (Å²) in [6, 6.07) is 9.07. The molecule has 0 saturated carbocycles. The first-order valence-electron chi connectivity index (χ1n) is 6.66. The number of benzene rings is 1. The Bertz CT molecular complexity index is 452. The summed E-state index contributed by atoms with van der Waals surface area (Å²) in [6.07, 6.45) is 0. The first-order chi connectivity index (χ1) is 9.74. The highest BCUT2D eigenvalue weighted by Gasteiger charge is 2.17. The van der Waals surface area contributed by atoms with Gasteiger partial charge in [0.1, 0.15) is 5.75 Å². The molecule has 1 heterocycles. The van der Waals surface area contributed by atoms with Gasteiger partial charge in [0, 0.05) is 25.6 Å². The number of halogens is 1. The normalized spacial score (nSPS) is 13.5. The third kappa shape index (κ3) is 6.46. The number of carbonyl (C=O) groups is 2. The highest BCUT2D eigenvalue weighted by atomic mass is 35.5. The summed E-state index contributed by atoms with van der Waals surface area (Å²) in [5.41, 5.74) is 0. The number of ether oxygens (including phenoxy) is 1. The van der Waals surface area contributed by atoms with E-state index in [4.69, 9.17) is 4.74 Å². The van der Waals surface area contributed by atoms with E-state index in [0.29, 0.717) is 18.2 Å². The lowest BCUT2D eigenvalue weighted by Gasteiger charge is -2.27. The van der Waals surface area contributed by atoms with Gasteiger partial charge in [0.25, 0.3) is 5.91 Å². The fourth-order valence-corrected chi connectivity index (χ4v) is 1.71. The Kier molecular flexibility index (Phi) is 7.56. The molecular weight excluding hydrogens is 294 g/mol. The van der Waals surface area contributed by atoms with Crippen molar-refractivity contribution in [3.63, 3.8) is 0 Å². The van der Waals surface area contributed by atoms with Crippen LogP contribution in [0.2, 0.25) is 0 Å². The quantitative estimate of drug-likeness (QED) is 0.659. The van der Waals surface area contributed by atoms with Crippen molar-refractivity contribution >= 4 is 24.2 Å². The number of hydrogen-bond acceptors (Lipinski definition) is 4. The van der Waals surface area contributed by atoms with Gasteiger partial charge >= 0.3 is 0 Å². The summed E-state index contributed by atoms with van der Waals surface area (Å²) in [5.74, 6) is 0.653. The molecule has 0 radical (unpaired) electrons. The van der Waals surface area contributed by atoms with E-state index in [-0.39, 0.29) is 37.4 Å². The van der Waals surface area contributed by atoms with Gasteiger partial charge in [-0.1, -0.05) is 18.2 Å². The fourth-order valence-electron chi connectivity index (χ4n) is 1.71. The highest BCUT2D eigenvalue weighted by molar-refractivity contribution is 5.85. The fraction of sp³-hybridized carbons (Fsp3) is 0.429. The Morgan fingerprint density at radius 1 is 1.14 bits per heavy atom. The molecule has 3 N–H and O–H groups in total. The van der Waals surface area contributed by atoms with Crippen LogP contribution in [0.5, 0.6) is 5.75 Å². The molecule has 0 bridgehead atoms. The number of para-hydroxylation sites is 1. The van der Waals surface area contributed by atoms with Crippen molar-refractivity contribution in [2.75, 3.05) is 32.8 Å². The molecule has 0 spiro atoms. The zero-order chi connectivity index (χ0) is 14.2. The van der Waals surface area contributed by atoms with Crippen LogP contribution in [-0.4, -0.2) is 44.6 Å². The average Bonchev–Trinajstić information content (AvgIpc) is 2.42. The topological polar surface area (TPSA) is 79.5 Å². The van der Waals surface area contributed by atoms with Crippen LogP contribution >= 0.6 is 12.4 Å². The molecule has 1 fully saturated rings. The minimum Gasteiger partial charge on any atom is -0.484 e. The minimum atomic E-state index is -0.311. The zero-order valence-electron chi connectivity index (χ0n) is 11.6. The molecule has 1 aromatic carbocycles. The number of nitrogens with one attached hydrogen (secondary N) is 3. The van der Waals surface area contributed by atoms with Crippen molar-refractivity contribution in [1.82, 2.24) is 16.0 Å². The third-order valence-electron chi connectivity index (χ3n) is 3.01. The molecule has 7 heteroatoms. The largest absolute Gasteiger partial charge is 0.484 e. The van der Waals surface area contributed by atoms with E-state index in [2.05, 4.69) is 16.0 Å². The van der Waals surface area contributed by atoms with Crippen molar-refractivity contribution in [1.29, 1.82) is 0 Å². The van der Waals surface area contributed by atoms with Gasteiger partial charge < -0.3 is 20.7 Å². The van der Waals surface area contributed by atoms with Crippen LogP contribution in [0, 0.1) is 5.92 Å². The van der Waals surface area contributed by atoms with Gasteiger partial charge in [-0.3, -0.25) is 9.59 Å². The second kappa shape index (κ2) is 9.20. The van der Waals surface area contributed by atoms with E-state index < -0.39 is 0 Å². The summed E-state index contributed by atoms with van der Waals surface area (Å²) in [4.78, 5) is 23.0. The second-order valence-corrected chi connectivity index (χ2v) is 4.71. The first kappa shape index (κ1) is 17.3. The number of carbonyl (C=O) groups excluding carboxylic acids is 2. The van der Waals surface area contributed by atoms with Crippen molar-refractivity contribution in [3.05, 3.63) is 30.3 Å². The van der Waals surface area contributed by atoms with E-state index in [0.717, 1.165) is 13.1 Å². The molecular formula is C14H20ClN3O3. The van der Waals surface area contributed by atoms with E-state index in [1.165, 1.54) is 0 Å². The van der Waals surface area contributed by atoms with Crippen LogP contribution in [0.3, 0.4) is 0 Å². The maximum atomic E-state index is 11.5. The minimum absolute atomic E-state index is 0. The van der Waals surface area contributed by atoms with Crippen LogP contribution in [-0.2, 0) is 9.59 Å². The van der Waals surface area contributed by atoms with Crippen LogP contribution < -0.4 is 20.7 Å². The maximum absolute atomic E-state index is 11.5. The Balaban J connectivity index is 0.00000220. The molecule has 1 aromatic rings. The van der Waals surface area contributed by atoms with Crippen LogP contribution in [0.1, 0.15) is 0 Å². The average molecular weight is 314 g/mol. The van der Waals surface area contributed by atoms with Gasteiger partial charge in [0.15, 0.2) is 6.61 Å². The van der Waals surface area contributed by atoms with Gasteiger partial charge in [-0.15, -0.1) is 12.4 Å². The van der Waals surface area contributed by atoms with Gasteiger partial charge in [-0.05, 0) is 12.1 Å². The summed E-state index contributed by atoms with van der Waals surface area (Å²) in [5, 5.41) is 8.43. The standard InChI is InChI=1S/C14H19N3O3.ClH/c18-13(16-8-11-6-15-7-11)9-17-14(19)10-20-12-4-2-1-3-5-12;/h1-5,11,15H,6-10H2,(H,16,18)(H,17,19);1H. The Morgan fingerprint density at radius 3 is 2.48 bits per heavy atom. The van der Waals surface area contributed by atoms with Crippen LogP contribution in [0.25, 0.3) is 0 Å². The monoisotopic (exact) mass is 313 g/mol. The van der Waals surface area contributed by atoms with E-state index >= 15 is 0 Å². The smallest absolute Gasteiger partial charge is 0.258 e. The molecule has 0 aromatic heterocycles. The van der Waals surface area contributed by atoms with Crippen molar-refractivity contribution in [3.8, 4) is 5.75 Å². The SMILES string of the molecule is Cl.O=C(CNC(=O)COc1ccccc1)NCC1CNC1. The van der Waals surface area contributed by atoms with E-state index in [1.54, 1.807) is 12.1 Å². The molecule has 2 rings (SSSR count). The van der Waals surface area contributed by atoms with Crippen molar-refractivity contribution in [2.24, 2.45) is 5.92 Å². The summed E-state index contributed by atoms with van der Waals surface area (Å²) < 4.78 is 5.27. The molecule has 2 amide bonds. The Morgan fingerprint density at radius 2 is 1.86 bits per heavy atom. The molecule has 6 nitrogen and oxygen atoms in total. The second-order valence-electron chi connectivity index (χ2n) is 4.71. The predicted molar refractivity (Wildman–Crippen MR) is 81.6 cm³/mol. The number of hydrogen-bond donors (Lipinski definition) is 3. The molecule has 1 aliphatic heterocycles. The third-order valence-corrected chi connectivity index (χ3v) is 3.01. The van der Waals surface area contributed by atoms with Gasteiger partial charge in [-0.25, -0.2) is 0 Å². The van der Waals surface area contributed by atoms with E-state index in [1.807, 2.05) is 18.2 Å². The number of rotatable bonds is 7. The zero-order valence-corrected chi connectivity index (χ0v) is 12.4. The molecule has 1 aliphatic rings. The van der Waals surface area contributed by atoms with Gasteiger partial charge in [-0.2, -0.15) is 0 Å². The number of amides is 2. The molecule has 116 valence electrons. The lowest BCUT2D eigenvalue weighted by atomic mass is 10.0. The van der Waals surface area contributed by atoms with Crippen LogP contribution in [0.15, 0.2) is 30.3 Å². The predicted octanol–water partition coefficient (Wildman–Crippen LogP) is -0.0610. The molecule has 0 aliphatic carbocycles.